The number of carbonyl (C=O) groups is 1. The van der Waals surface area contributed by atoms with E-state index in [2.05, 4.69) is 0 Å². The maximum Gasteiger partial charge on any atom is 0.307 e. The molecule has 2 rings (SSSR count). The highest BCUT2D eigenvalue weighted by Crippen LogP contribution is 2.42. The van der Waals surface area contributed by atoms with Crippen LogP contribution >= 0.6 is 11.8 Å². The Morgan fingerprint density at radius 1 is 1.31 bits per heavy atom. The van der Waals surface area contributed by atoms with Crippen LogP contribution in [0.2, 0.25) is 0 Å². The lowest BCUT2D eigenvalue weighted by atomic mass is 9.86. The highest BCUT2D eigenvalue weighted by Gasteiger charge is 2.39. The lowest BCUT2D eigenvalue weighted by molar-refractivity contribution is -0.143. The Kier molecular flexibility index (Phi) is 2.82. The van der Waals surface area contributed by atoms with Gasteiger partial charge in [0, 0.05) is 5.25 Å². The molecule has 1 saturated carbocycles. The molecule has 0 amide bonds. The van der Waals surface area contributed by atoms with Gasteiger partial charge in [-0.25, -0.2) is 0 Å². The lowest BCUT2D eigenvalue weighted by Crippen LogP contribution is -2.36. The molecule has 0 aromatic rings. The molecular weight excluding hydrogens is 184 g/mol. The number of rotatable bonds is 3. The van der Waals surface area contributed by atoms with E-state index in [-0.39, 0.29) is 5.92 Å². The van der Waals surface area contributed by atoms with E-state index in [1.165, 1.54) is 18.6 Å². The molecule has 1 aliphatic carbocycles. The third-order valence-electron chi connectivity index (χ3n) is 3.33. The second-order valence-electron chi connectivity index (χ2n) is 4.11. The molecule has 0 aromatic carbocycles. The van der Waals surface area contributed by atoms with Crippen LogP contribution in [0, 0.1) is 11.8 Å². The van der Waals surface area contributed by atoms with E-state index in [9.17, 15) is 4.79 Å². The van der Waals surface area contributed by atoms with Gasteiger partial charge in [0.15, 0.2) is 0 Å². The fraction of sp³-hybridized carbons (Fsp3) is 0.900. The van der Waals surface area contributed by atoms with Crippen molar-refractivity contribution in [2.75, 3.05) is 5.75 Å². The van der Waals surface area contributed by atoms with Crippen molar-refractivity contribution in [2.45, 2.75) is 37.4 Å². The zero-order valence-electron chi connectivity index (χ0n) is 7.74. The molecule has 2 unspecified atom stereocenters. The molecule has 2 aliphatic rings. The summed E-state index contributed by atoms with van der Waals surface area (Å²) >= 11 is 1.85. The molecule has 2 fully saturated rings. The van der Waals surface area contributed by atoms with Gasteiger partial charge in [0.2, 0.25) is 0 Å². The van der Waals surface area contributed by atoms with E-state index in [4.69, 9.17) is 5.11 Å². The van der Waals surface area contributed by atoms with Gasteiger partial charge in [0.25, 0.3) is 0 Å². The molecule has 1 aliphatic heterocycles. The standard InChI is InChI=1S/C10H16O2S/c11-10(12)9(8-5-6-13-8)7-3-1-2-4-7/h7-9H,1-6H2,(H,11,12). The van der Waals surface area contributed by atoms with Gasteiger partial charge in [0.05, 0.1) is 5.92 Å². The molecule has 0 spiro atoms. The summed E-state index contributed by atoms with van der Waals surface area (Å²) in [5.74, 6) is 1.06. The molecule has 3 heteroatoms. The Bertz CT molecular complexity index is 195. The van der Waals surface area contributed by atoms with Gasteiger partial charge in [-0.05, 0) is 30.9 Å². The highest BCUT2D eigenvalue weighted by atomic mass is 32.2. The maximum atomic E-state index is 11.1. The van der Waals surface area contributed by atoms with Gasteiger partial charge in [-0.3, -0.25) is 4.79 Å². The minimum atomic E-state index is -0.552. The van der Waals surface area contributed by atoms with Crippen molar-refractivity contribution in [1.82, 2.24) is 0 Å². The van der Waals surface area contributed by atoms with Crippen LogP contribution < -0.4 is 0 Å². The smallest absolute Gasteiger partial charge is 0.307 e. The summed E-state index contributed by atoms with van der Waals surface area (Å²) in [6.45, 7) is 0. The number of hydrogen-bond acceptors (Lipinski definition) is 2. The Balaban J connectivity index is 1.98. The zero-order chi connectivity index (χ0) is 9.26. The first kappa shape index (κ1) is 9.38. The molecule has 13 heavy (non-hydrogen) atoms. The van der Waals surface area contributed by atoms with Gasteiger partial charge in [0.1, 0.15) is 0 Å². The molecule has 2 nitrogen and oxygen atoms in total. The molecule has 1 saturated heterocycles. The molecular formula is C10H16O2S. The van der Waals surface area contributed by atoms with Crippen LogP contribution in [-0.4, -0.2) is 22.1 Å². The van der Waals surface area contributed by atoms with Crippen molar-refractivity contribution in [3.8, 4) is 0 Å². The van der Waals surface area contributed by atoms with Crippen LogP contribution in [0.3, 0.4) is 0 Å². The maximum absolute atomic E-state index is 11.1. The Morgan fingerprint density at radius 3 is 2.31 bits per heavy atom. The first-order valence-electron chi connectivity index (χ1n) is 5.13. The van der Waals surface area contributed by atoms with E-state index >= 15 is 0 Å². The lowest BCUT2D eigenvalue weighted by Gasteiger charge is -2.33. The predicted molar refractivity (Wildman–Crippen MR) is 53.9 cm³/mol. The van der Waals surface area contributed by atoms with E-state index in [1.54, 1.807) is 0 Å². The molecule has 1 heterocycles. The minimum Gasteiger partial charge on any atom is -0.481 e. The van der Waals surface area contributed by atoms with Crippen LogP contribution in [0.1, 0.15) is 32.1 Å². The summed E-state index contributed by atoms with van der Waals surface area (Å²) in [6, 6.07) is 0. The van der Waals surface area contributed by atoms with Crippen molar-refractivity contribution < 1.29 is 9.90 Å². The average Bonchev–Trinajstić information content (AvgIpc) is 2.46. The molecule has 74 valence electrons. The first-order valence-corrected chi connectivity index (χ1v) is 6.18. The Morgan fingerprint density at radius 2 is 1.92 bits per heavy atom. The monoisotopic (exact) mass is 200 g/mol. The summed E-state index contributed by atoms with van der Waals surface area (Å²) in [4.78, 5) is 11.1. The van der Waals surface area contributed by atoms with Crippen LogP contribution in [-0.2, 0) is 4.79 Å². The number of aliphatic carboxylic acids is 1. The van der Waals surface area contributed by atoms with Crippen LogP contribution in [0.4, 0.5) is 0 Å². The first-order chi connectivity index (χ1) is 6.29. The van der Waals surface area contributed by atoms with E-state index in [0.717, 1.165) is 19.3 Å². The van der Waals surface area contributed by atoms with Crippen molar-refractivity contribution >= 4 is 17.7 Å². The Hall–Kier alpha value is -0.180. The van der Waals surface area contributed by atoms with Gasteiger partial charge in [-0.15, -0.1) is 0 Å². The fourth-order valence-electron chi connectivity index (χ4n) is 2.52. The van der Waals surface area contributed by atoms with Gasteiger partial charge < -0.3 is 5.11 Å². The van der Waals surface area contributed by atoms with Crippen LogP contribution in [0.15, 0.2) is 0 Å². The highest BCUT2D eigenvalue weighted by molar-refractivity contribution is 8.01. The fourth-order valence-corrected chi connectivity index (χ4v) is 3.57. The summed E-state index contributed by atoms with van der Waals surface area (Å²) in [6.07, 6.45) is 5.90. The van der Waals surface area contributed by atoms with Gasteiger partial charge >= 0.3 is 5.97 Å². The molecule has 1 N–H and O–H groups in total. The number of thioether (sulfide) groups is 1. The summed E-state index contributed by atoms with van der Waals surface area (Å²) < 4.78 is 0. The second-order valence-corrected chi connectivity index (χ2v) is 5.45. The topological polar surface area (TPSA) is 37.3 Å². The van der Waals surface area contributed by atoms with E-state index in [0.29, 0.717) is 11.2 Å². The number of carboxylic acids is 1. The number of hydrogen-bond donors (Lipinski definition) is 1. The van der Waals surface area contributed by atoms with Crippen LogP contribution in [0.25, 0.3) is 0 Å². The van der Waals surface area contributed by atoms with Crippen molar-refractivity contribution in [1.29, 1.82) is 0 Å². The third kappa shape index (κ3) is 1.85. The van der Waals surface area contributed by atoms with E-state index in [1.807, 2.05) is 11.8 Å². The Labute approximate surface area is 83.1 Å². The van der Waals surface area contributed by atoms with E-state index < -0.39 is 5.97 Å². The van der Waals surface area contributed by atoms with Crippen molar-refractivity contribution in [3.05, 3.63) is 0 Å². The summed E-state index contributed by atoms with van der Waals surface area (Å²) in [5, 5.41) is 9.59. The zero-order valence-corrected chi connectivity index (χ0v) is 8.55. The molecule has 0 bridgehead atoms. The number of carboxylic acid groups (broad SMARTS) is 1. The van der Waals surface area contributed by atoms with Gasteiger partial charge in [-0.1, -0.05) is 12.8 Å². The predicted octanol–water partition coefficient (Wildman–Crippen LogP) is 2.38. The summed E-state index contributed by atoms with van der Waals surface area (Å²) in [7, 11) is 0. The molecule has 2 atom stereocenters. The van der Waals surface area contributed by atoms with Gasteiger partial charge in [-0.2, -0.15) is 11.8 Å². The third-order valence-corrected chi connectivity index (χ3v) is 4.76. The summed E-state index contributed by atoms with van der Waals surface area (Å²) in [5.41, 5.74) is 0. The quantitative estimate of drug-likeness (QED) is 0.760. The molecule has 0 radical (unpaired) electrons. The van der Waals surface area contributed by atoms with Crippen molar-refractivity contribution in [2.24, 2.45) is 11.8 Å². The SMILES string of the molecule is O=C(O)C(C1CCCC1)C1CCS1. The average molecular weight is 200 g/mol. The normalized spacial score (nSPS) is 31.2. The minimum absolute atomic E-state index is 0.0405. The van der Waals surface area contributed by atoms with Crippen molar-refractivity contribution in [3.63, 3.8) is 0 Å². The van der Waals surface area contributed by atoms with Crippen LogP contribution in [0.5, 0.6) is 0 Å². The largest absolute Gasteiger partial charge is 0.481 e. The second kappa shape index (κ2) is 3.91. The molecule has 0 aromatic heterocycles.